The molecule has 0 amide bonds. The Morgan fingerprint density at radius 3 is 2.58 bits per heavy atom. The second kappa shape index (κ2) is 8.60. The standard InChI is InChI=1S/C17H28ClN/c1-5-8-19-12-15(9-13(2)3)11-16-7-6-14(4)10-17(16)18/h6-7,10,13,15,19H,5,8-9,11-12H2,1-4H3. The summed E-state index contributed by atoms with van der Waals surface area (Å²) < 4.78 is 0. The van der Waals surface area contributed by atoms with E-state index < -0.39 is 0 Å². The van der Waals surface area contributed by atoms with Gasteiger partial charge in [0.25, 0.3) is 0 Å². The first-order valence-electron chi connectivity index (χ1n) is 7.48. The third-order valence-corrected chi connectivity index (χ3v) is 3.73. The van der Waals surface area contributed by atoms with E-state index in [2.05, 4.69) is 51.2 Å². The molecular weight excluding hydrogens is 254 g/mol. The normalized spacial score (nSPS) is 12.9. The third kappa shape index (κ3) is 6.44. The summed E-state index contributed by atoms with van der Waals surface area (Å²) >= 11 is 6.35. The van der Waals surface area contributed by atoms with Gasteiger partial charge >= 0.3 is 0 Å². The van der Waals surface area contributed by atoms with Crippen LogP contribution in [0.2, 0.25) is 5.02 Å². The fourth-order valence-electron chi connectivity index (χ4n) is 2.52. The van der Waals surface area contributed by atoms with Crippen LogP contribution in [0.4, 0.5) is 0 Å². The monoisotopic (exact) mass is 281 g/mol. The molecule has 1 unspecified atom stereocenters. The summed E-state index contributed by atoms with van der Waals surface area (Å²) in [5, 5.41) is 4.47. The smallest absolute Gasteiger partial charge is 0.0440 e. The number of rotatable bonds is 8. The van der Waals surface area contributed by atoms with Gasteiger partial charge in [-0.15, -0.1) is 0 Å². The summed E-state index contributed by atoms with van der Waals surface area (Å²) in [5.41, 5.74) is 2.52. The minimum Gasteiger partial charge on any atom is -0.316 e. The van der Waals surface area contributed by atoms with Crippen LogP contribution in [0.15, 0.2) is 18.2 Å². The van der Waals surface area contributed by atoms with Gasteiger partial charge in [0.15, 0.2) is 0 Å². The van der Waals surface area contributed by atoms with Gasteiger partial charge in [0, 0.05) is 5.02 Å². The lowest BCUT2D eigenvalue weighted by atomic mass is 9.90. The van der Waals surface area contributed by atoms with Gasteiger partial charge in [-0.3, -0.25) is 0 Å². The number of nitrogens with one attached hydrogen (secondary N) is 1. The van der Waals surface area contributed by atoms with E-state index in [1.54, 1.807) is 0 Å². The highest BCUT2D eigenvalue weighted by atomic mass is 35.5. The van der Waals surface area contributed by atoms with Crippen molar-refractivity contribution >= 4 is 11.6 Å². The average Bonchev–Trinajstić information content (AvgIpc) is 2.32. The van der Waals surface area contributed by atoms with E-state index in [1.807, 2.05) is 0 Å². The van der Waals surface area contributed by atoms with Gasteiger partial charge < -0.3 is 5.32 Å². The largest absolute Gasteiger partial charge is 0.316 e. The van der Waals surface area contributed by atoms with Gasteiger partial charge in [0.2, 0.25) is 0 Å². The molecule has 0 bridgehead atoms. The van der Waals surface area contributed by atoms with E-state index in [9.17, 15) is 0 Å². The van der Waals surface area contributed by atoms with Gasteiger partial charge in [-0.2, -0.15) is 0 Å². The topological polar surface area (TPSA) is 12.0 Å². The molecule has 0 aliphatic rings. The number of hydrogen-bond acceptors (Lipinski definition) is 1. The van der Waals surface area contributed by atoms with Crippen LogP contribution in [-0.4, -0.2) is 13.1 Å². The van der Waals surface area contributed by atoms with Crippen LogP contribution < -0.4 is 5.32 Å². The van der Waals surface area contributed by atoms with Crippen LogP contribution >= 0.6 is 11.6 Å². The van der Waals surface area contributed by atoms with Crippen molar-refractivity contribution in [2.24, 2.45) is 11.8 Å². The predicted octanol–water partition coefficient (Wildman–Crippen LogP) is 4.85. The van der Waals surface area contributed by atoms with E-state index >= 15 is 0 Å². The van der Waals surface area contributed by atoms with Crippen molar-refractivity contribution in [1.29, 1.82) is 0 Å². The Balaban J connectivity index is 2.64. The summed E-state index contributed by atoms with van der Waals surface area (Å²) in [4.78, 5) is 0. The molecule has 0 aliphatic carbocycles. The van der Waals surface area contributed by atoms with Crippen molar-refractivity contribution in [2.45, 2.75) is 47.0 Å². The molecule has 0 fully saturated rings. The van der Waals surface area contributed by atoms with Crippen molar-refractivity contribution in [3.8, 4) is 0 Å². The van der Waals surface area contributed by atoms with Crippen molar-refractivity contribution in [2.75, 3.05) is 13.1 Å². The average molecular weight is 282 g/mol. The SMILES string of the molecule is CCCNCC(Cc1ccc(C)cc1Cl)CC(C)C. The highest BCUT2D eigenvalue weighted by Gasteiger charge is 2.13. The minimum atomic E-state index is 0.673. The highest BCUT2D eigenvalue weighted by Crippen LogP contribution is 2.23. The van der Waals surface area contributed by atoms with Crippen LogP contribution in [0.3, 0.4) is 0 Å². The molecule has 1 nitrogen and oxygen atoms in total. The molecule has 0 aliphatic heterocycles. The molecule has 1 N–H and O–H groups in total. The maximum absolute atomic E-state index is 6.35. The summed E-state index contributed by atoms with van der Waals surface area (Å²) in [5.74, 6) is 1.41. The lowest BCUT2D eigenvalue weighted by molar-refractivity contribution is 0.385. The second-order valence-corrected chi connectivity index (χ2v) is 6.41. The first kappa shape index (κ1) is 16.5. The van der Waals surface area contributed by atoms with Crippen LogP contribution in [0, 0.1) is 18.8 Å². The Morgan fingerprint density at radius 2 is 2.00 bits per heavy atom. The fourth-order valence-corrected chi connectivity index (χ4v) is 2.83. The molecule has 0 aromatic heterocycles. The molecule has 0 heterocycles. The second-order valence-electron chi connectivity index (χ2n) is 6.00. The maximum atomic E-state index is 6.35. The molecule has 0 saturated heterocycles. The third-order valence-electron chi connectivity index (χ3n) is 3.38. The van der Waals surface area contributed by atoms with Gasteiger partial charge in [0.05, 0.1) is 0 Å². The summed E-state index contributed by atoms with van der Waals surface area (Å²) in [7, 11) is 0. The minimum absolute atomic E-state index is 0.673. The number of halogens is 1. The molecule has 0 radical (unpaired) electrons. The molecule has 1 aromatic carbocycles. The van der Waals surface area contributed by atoms with E-state index in [1.165, 1.54) is 24.0 Å². The Kier molecular flexibility index (Phi) is 7.48. The van der Waals surface area contributed by atoms with Crippen LogP contribution in [-0.2, 0) is 6.42 Å². The van der Waals surface area contributed by atoms with Crippen molar-refractivity contribution in [3.05, 3.63) is 34.3 Å². The number of hydrogen-bond donors (Lipinski definition) is 1. The molecule has 108 valence electrons. The van der Waals surface area contributed by atoms with Gasteiger partial charge in [-0.1, -0.05) is 44.5 Å². The summed E-state index contributed by atoms with van der Waals surface area (Å²) in [6.07, 6.45) is 3.52. The Bertz CT molecular complexity index is 374. The predicted molar refractivity (Wildman–Crippen MR) is 86.0 cm³/mol. The molecule has 1 rings (SSSR count). The molecule has 19 heavy (non-hydrogen) atoms. The van der Waals surface area contributed by atoms with Gasteiger partial charge in [-0.25, -0.2) is 0 Å². The number of aryl methyl sites for hydroxylation is 1. The summed E-state index contributed by atoms with van der Waals surface area (Å²) in [6.45, 7) is 11.1. The Morgan fingerprint density at radius 1 is 1.26 bits per heavy atom. The van der Waals surface area contributed by atoms with Gasteiger partial charge in [0.1, 0.15) is 0 Å². The van der Waals surface area contributed by atoms with E-state index in [0.29, 0.717) is 5.92 Å². The zero-order valence-corrected chi connectivity index (χ0v) is 13.6. The van der Waals surface area contributed by atoms with Gasteiger partial charge in [-0.05, 0) is 68.3 Å². The zero-order chi connectivity index (χ0) is 14.3. The highest BCUT2D eigenvalue weighted by molar-refractivity contribution is 6.31. The van der Waals surface area contributed by atoms with E-state index in [0.717, 1.165) is 30.5 Å². The molecule has 0 saturated carbocycles. The molecule has 1 aromatic rings. The first-order valence-corrected chi connectivity index (χ1v) is 7.86. The van der Waals surface area contributed by atoms with Crippen molar-refractivity contribution in [1.82, 2.24) is 5.32 Å². The van der Waals surface area contributed by atoms with E-state index in [4.69, 9.17) is 11.6 Å². The van der Waals surface area contributed by atoms with Crippen molar-refractivity contribution < 1.29 is 0 Å². The lowest BCUT2D eigenvalue weighted by Crippen LogP contribution is -2.26. The van der Waals surface area contributed by atoms with E-state index in [-0.39, 0.29) is 0 Å². The Labute approximate surface area is 123 Å². The number of benzene rings is 1. The quantitative estimate of drug-likeness (QED) is 0.672. The fraction of sp³-hybridized carbons (Fsp3) is 0.647. The van der Waals surface area contributed by atoms with Crippen LogP contribution in [0.25, 0.3) is 0 Å². The van der Waals surface area contributed by atoms with Crippen molar-refractivity contribution in [3.63, 3.8) is 0 Å². The maximum Gasteiger partial charge on any atom is 0.0440 e. The summed E-state index contributed by atoms with van der Waals surface area (Å²) in [6, 6.07) is 6.42. The first-order chi connectivity index (χ1) is 9.02. The molecule has 2 heteroatoms. The van der Waals surface area contributed by atoms with Crippen LogP contribution in [0.1, 0.15) is 44.7 Å². The zero-order valence-electron chi connectivity index (χ0n) is 12.8. The molecular formula is C17H28ClN. The molecule has 0 spiro atoms. The Hall–Kier alpha value is -0.530. The lowest BCUT2D eigenvalue weighted by Gasteiger charge is -2.20. The molecule has 1 atom stereocenters. The van der Waals surface area contributed by atoms with Crippen LogP contribution in [0.5, 0.6) is 0 Å².